The number of nitrogens with one attached hydrogen (secondary N) is 1. The van der Waals surface area contributed by atoms with E-state index in [0.29, 0.717) is 21.6 Å². The molecule has 3 N–H and O–H groups in total. The number of hydrogen-bond donors (Lipinski definition) is 2. The summed E-state index contributed by atoms with van der Waals surface area (Å²) in [5.74, 6) is 0. The number of H-pyrrole nitrogens is 1. The van der Waals surface area contributed by atoms with Gasteiger partial charge in [0.1, 0.15) is 0 Å². The molecule has 2 heterocycles. The monoisotopic (exact) mass is 150 g/mol. The Bertz CT molecular complexity index is 358. The number of anilines is 1. The standard InChI is InChI=1S/C6H6N4O/c7-4-1-2-10(11)6-5(4)8-3-9-6/h1-3H,7H2,(H,8,9). The second-order valence-corrected chi connectivity index (χ2v) is 2.20. The highest BCUT2D eigenvalue weighted by Gasteiger charge is 2.06. The number of imidazole rings is 1. The number of nitrogens with zero attached hydrogens (tertiary/aromatic N) is 2. The average Bonchev–Trinajstić information content (AvgIpc) is 2.45. The van der Waals surface area contributed by atoms with Gasteiger partial charge in [0, 0.05) is 6.07 Å². The molecule has 0 spiro atoms. The number of nitrogens with two attached hydrogens (primary N) is 1. The van der Waals surface area contributed by atoms with Gasteiger partial charge in [0.05, 0.1) is 11.9 Å². The first-order valence-electron chi connectivity index (χ1n) is 3.10. The van der Waals surface area contributed by atoms with Crippen LogP contribution >= 0.6 is 0 Å². The van der Waals surface area contributed by atoms with Gasteiger partial charge in [-0.25, -0.2) is 14.7 Å². The second-order valence-electron chi connectivity index (χ2n) is 2.20. The van der Waals surface area contributed by atoms with Crippen LogP contribution in [0, 0.1) is 5.21 Å². The van der Waals surface area contributed by atoms with E-state index >= 15 is 0 Å². The zero-order chi connectivity index (χ0) is 7.84. The Balaban J connectivity index is 2.96. The molecule has 0 bridgehead atoms. The van der Waals surface area contributed by atoms with E-state index in [1.807, 2.05) is 0 Å². The van der Waals surface area contributed by atoms with Crippen LogP contribution in [0.15, 0.2) is 18.6 Å². The normalized spacial score (nSPS) is 10.5. The van der Waals surface area contributed by atoms with E-state index in [4.69, 9.17) is 5.73 Å². The number of aromatic amines is 1. The Morgan fingerprint density at radius 2 is 2.45 bits per heavy atom. The van der Waals surface area contributed by atoms with Crippen LogP contribution in [0.4, 0.5) is 5.69 Å². The summed E-state index contributed by atoms with van der Waals surface area (Å²) in [5, 5.41) is 11.0. The van der Waals surface area contributed by atoms with E-state index in [0.717, 1.165) is 0 Å². The summed E-state index contributed by atoms with van der Waals surface area (Å²) >= 11 is 0. The van der Waals surface area contributed by atoms with Gasteiger partial charge in [0.15, 0.2) is 11.8 Å². The summed E-state index contributed by atoms with van der Waals surface area (Å²) in [7, 11) is 0. The van der Waals surface area contributed by atoms with Gasteiger partial charge in [0.25, 0.3) is 0 Å². The first-order chi connectivity index (χ1) is 5.29. The van der Waals surface area contributed by atoms with Crippen LogP contribution in [0.25, 0.3) is 11.2 Å². The highest BCUT2D eigenvalue weighted by molar-refractivity contribution is 5.80. The molecule has 56 valence electrons. The summed E-state index contributed by atoms with van der Waals surface area (Å²) in [4.78, 5) is 6.57. The fourth-order valence-corrected chi connectivity index (χ4v) is 0.968. The van der Waals surface area contributed by atoms with Crippen LogP contribution in [-0.4, -0.2) is 9.97 Å². The molecular formula is C6H6N4O. The molecule has 5 heteroatoms. The smallest absolute Gasteiger partial charge is 0.311 e. The third-order valence-electron chi connectivity index (χ3n) is 1.50. The quantitative estimate of drug-likeness (QED) is 0.402. The Hall–Kier alpha value is -1.78. The molecule has 0 atom stereocenters. The third kappa shape index (κ3) is 0.706. The van der Waals surface area contributed by atoms with Crippen molar-refractivity contribution >= 4 is 16.9 Å². The molecule has 0 fully saturated rings. The predicted octanol–water partition coefficient (Wildman–Crippen LogP) is -0.222. The Kier molecular flexibility index (Phi) is 1.00. The molecule has 5 nitrogen and oxygen atoms in total. The molecule has 0 aromatic carbocycles. The van der Waals surface area contributed by atoms with E-state index in [2.05, 4.69) is 9.97 Å². The van der Waals surface area contributed by atoms with Gasteiger partial charge in [-0.3, -0.25) is 0 Å². The van der Waals surface area contributed by atoms with Crippen molar-refractivity contribution in [3.8, 4) is 0 Å². The molecular weight excluding hydrogens is 144 g/mol. The van der Waals surface area contributed by atoms with Crippen LogP contribution in [0.5, 0.6) is 0 Å². The molecule has 11 heavy (non-hydrogen) atoms. The van der Waals surface area contributed by atoms with Crippen molar-refractivity contribution in [2.75, 3.05) is 5.73 Å². The largest absolute Gasteiger partial charge is 0.711 e. The topological polar surface area (TPSA) is 81.6 Å². The highest BCUT2D eigenvalue weighted by Crippen LogP contribution is 2.11. The number of nitrogen functional groups attached to an aromatic ring is 1. The van der Waals surface area contributed by atoms with Crippen LogP contribution < -0.4 is 10.5 Å². The van der Waals surface area contributed by atoms with Crippen LogP contribution in [0.1, 0.15) is 0 Å². The van der Waals surface area contributed by atoms with Crippen molar-refractivity contribution in [1.82, 2.24) is 9.97 Å². The minimum Gasteiger partial charge on any atom is -0.711 e. The second kappa shape index (κ2) is 1.85. The summed E-state index contributed by atoms with van der Waals surface area (Å²) in [5.41, 5.74) is 6.95. The number of aromatic nitrogens is 3. The number of fused-ring (bicyclic) bond motifs is 1. The number of rotatable bonds is 0. The number of pyridine rings is 1. The third-order valence-corrected chi connectivity index (χ3v) is 1.50. The molecule has 2 aromatic heterocycles. The fourth-order valence-electron chi connectivity index (χ4n) is 0.968. The van der Waals surface area contributed by atoms with E-state index in [1.165, 1.54) is 18.6 Å². The Morgan fingerprint density at radius 3 is 3.18 bits per heavy atom. The molecule has 0 radical (unpaired) electrons. The minimum absolute atomic E-state index is 0.394. The van der Waals surface area contributed by atoms with Crippen LogP contribution in [0.2, 0.25) is 0 Å². The van der Waals surface area contributed by atoms with E-state index < -0.39 is 0 Å². The molecule has 0 aliphatic rings. The van der Waals surface area contributed by atoms with Gasteiger partial charge in [-0.1, -0.05) is 0 Å². The molecule has 0 saturated carbocycles. The maximum Gasteiger partial charge on any atom is 0.311 e. The lowest BCUT2D eigenvalue weighted by molar-refractivity contribution is -0.578. The lowest BCUT2D eigenvalue weighted by atomic mass is 10.4. The van der Waals surface area contributed by atoms with Crippen molar-refractivity contribution in [3.63, 3.8) is 0 Å². The van der Waals surface area contributed by atoms with Crippen molar-refractivity contribution < 1.29 is 4.73 Å². The first kappa shape index (κ1) is 5.96. The van der Waals surface area contributed by atoms with Gasteiger partial charge >= 0.3 is 5.65 Å². The van der Waals surface area contributed by atoms with Gasteiger partial charge < -0.3 is 10.9 Å². The maximum absolute atomic E-state index is 11.0. The molecule has 0 saturated heterocycles. The van der Waals surface area contributed by atoms with E-state index in [9.17, 15) is 5.21 Å². The molecule has 0 aliphatic carbocycles. The van der Waals surface area contributed by atoms with E-state index in [-0.39, 0.29) is 0 Å². The molecule has 0 aliphatic heterocycles. The molecule has 0 unspecified atom stereocenters. The average molecular weight is 150 g/mol. The summed E-state index contributed by atoms with van der Waals surface area (Å²) < 4.78 is 0.693. The zero-order valence-corrected chi connectivity index (χ0v) is 5.61. The van der Waals surface area contributed by atoms with Crippen molar-refractivity contribution in [2.45, 2.75) is 0 Å². The fraction of sp³-hybridized carbons (Fsp3) is 0. The predicted molar refractivity (Wildman–Crippen MR) is 39.5 cm³/mol. The van der Waals surface area contributed by atoms with Crippen LogP contribution in [-0.2, 0) is 0 Å². The van der Waals surface area contributed by atoms with Crippen molar-refractivity contribution in [3.05, 3.63) is 23.8 Å². The van der Waals surface area contributed by atoms with Crippen LogP contribution in [0.3, 0.4) is 0 Å². The molecule has 2 aromatic rings. The SMILES string of the molecule is Nc1cc[n+]([O-])c2[nH]cnc12. The maximum atomic E-state index is 11.0. The van der Waals surface area contributed by atoms with Gasteiger partial charge in [-0.05, 0) is 0 Å². The lowest BCUT2D eigenvalue weighted by Gasteiger charge is -2.00. The van der Waals surface area contributed by atoms with Gasteiger partial charge in [-0.15, -0.1) is 0 Å². The molecule has 0 amide bonds. The Morgan fingerprint density at radius 1 is 1.64 bits per heavy atom. The Labute approximate surface area is 62.1 Å². The zero-order valence-electron chi connectivity index (χ0n) is 5.61. The summed E-state index contributed by atoms with van der Waals surface area (Å²) in [6.07, 6.45) is 2.78. The van der Waals surface area contributed by atoms with Gasteiger partial charge in [0.2, 0.25) is 0 Å². The molecule has 2 rings (SSSR count). The lowest BCUT2D eigenvalue weighted by Crippen LogP contribution is -2.26. The van der Waals surface area contributed by atoms with Crippen molar-refractivity contribution in [1.29, 1.82) is 0 Å². The van der Waals surface area contributed by atoms with Gasteiger partial charge in [-0.2, -0.15) is 0 Å². The highest BCUT2D eigenvalue weighted by atomic mass is 16.5. The van der Waals surface area contributed by atoms with E-state index in [1.54, 1.807) is 0 Å². The number of hydrogen-bond acceptors (Lipinski definition) is 3. The summed E-state index contributed by atoms with van der Waals surface area (Å²) in [6, 6.07) is 1.52. The minimum atomic E-state index is 0.394. The van der Waals surface area contributed by atoms with Crippen molar-refractivity contribution in [2.24, 2.45) is 0 Å². The summed E-state index contributed by atoms with van der Waals surface area (Å²) in [6.45, 7) is 0. The first-order valence-corrected chi connectivity index (χ1v) is 3.10.